The Hall–Kier alpha value is -1.75. The minimum absolute atomic E-state index is 0. The summed E-state index contributed by atoms with van der Waals surface area (Å²) in [6, 6.07) is 17.1. The van der Waals surface area contributed by atoms with E-state index in [2.05, 4.69) is 12.1 Å². The van der Waals surface area contributed by atoms with E-state index in [4.69, 9.17) is 22.1 Å². The van der Waals surface area contributed by atoms with E-state index in [-0.39, 0.29) is 36.9 Å². The summed E-state index contributed by atoms with van der Waals surface area (Å²) in [5.41, 5.74) is 7.38. The lowest BCUT2D eigenvalue weighted by molar-refractivity contribution is -0.132. The Labute approximate surface area is 153 Å². The Morgan fingerprint density at radius 3 is 2.50 bits per heavy atom. The van der Waals surface area contributed by atoms with Crippen molar-refractivity contribution in [2.24, 2.45) is 5.73 Å². The first kappa shape index (κ1) is 18.6. The predicted octanol–water partition coefficient (Wildman–Crippen LogP) is 3.09. The summed E-state index contributed by atoms with van der Waals surface area (Å²) in [5.74, 6) is 0.616. The third-order valence-electron chi connectivity index (χ3n) is 4.13. The van der Waals surface area contributed by atoms with Gasteiger partial charge in [-0.15, -0.1) is 12.4 Å². The summed E-state index contributed by atoms with van der Waals surface area (Å²) in [4.78, 5) is 14.1. The first-order chi connectivity index (χ1) is 11.1. The average Bonchev–Trinajstić information content (AvgIpc) is 2.96. The van der Waals surface area contributed by atoms with Crippen LogP contribution in [0.15, 0.2) is 54.6 Å². The Morgan fingerprint density at radius 1 is 1.12 bits per heavy atom. The van der Waals surface area contributed by atoms with E-state index in [1.54, 1.807) is 17.0 Å². The number of carbonyl (C=O) groups excluding carboxylic acids is 1. The molecule has 2 N–H and O–H groups in total. The average molecular weight is 367 g/mol. The van der Waals surface area contributed by atoms with Crippen molar-refractivity contribution in [3.63, 3.8) is 0 Å². The highest BCUT2D eigenvalue weighted by Crippen LogP contribution is 2.27. The Balaban J connectivity index is 0.00000208. The number of nitrogens with two attached hydrogens (primary N) is 1. The van der Waals surface area contributed by atoms with Crippen molar-refractivity contribution in [3.05, 3.63) is 65.2 Å². The number of carbonyl (C=O) groups is 1. The van der Waals surface area contributed by atoms with Gasteiger partial charge in [0.25, 0.3) is 5.91 Å². The number of hydrogen-bond donors (Lipinski definition) is 1. The zero-order valence-corrected chi connectivity index (χ0v) is 14.7. The molecule has 1 saturated heterocycles. The topological polar surface area (TPSA) is 55.6 Å². The molecule has 1 amide bonds. The zero-order chi connectivity index (χ0) is 16.2. The molecule has 0 aliphatic carbocycles. The van der Waals surface area contributed by atoms with Crippen molar-refractivity contribution in [2.75, 3.05) is 19.7 Å². The highest BCUT2D eigenvalue weighted by Gasteiger charge is 2.33. The van der Waals surface area contributed by atoms with Crippen molar-refractivity contribution >= 4 is 29.9 Å². The van der Waals surface area contributed by atoms with Gasteiger partial charge in [0.2, 0.25) is 0 Å². The van der Waals surface area contributed by atoms with E-state index in [1.807, 2.05) is 30.3 Å². The van der Waals surface area contributed by atoms with Crippen molar-refractivity contribution in [2.45, 2.75) is 12.0 Å². The van der Waals surface area contributed by atoms with Crippen LogP contribution in [0.5, 0.6) is 5.75 Å². The van der Waals surface area contributed by atoms with Crippen LogP contribution in [0.2, 0.25) is 5.02 Å². The lowest BCUT2D eigenvalue weighted by Gasteiger charge is -2.17. The monoisotopic (exact) mass is 366 g/mol. The lowest BCUT2D eigenvalue weighted by Crippen LogP contribution is -2.35. The summed E-state index contributed by atoms with van der Waals surface area (Å²) in [6.45, 7) is 1.14. The molecular formula is C18H20Cl2N2O2. The molecule has 4 nitrogen and oxygen atoms in total. The molecular weight excluding hydrogens is 347 g/mol. The van der Waals surface area contributed by atoms with Crippen LogP contribution >= 0.6 is 24.0 Å². The number of ether oxygens (including phenoxy) is 1. The van der Waals surface area contributed by atoms with E-state index in [0.717, 1.165) is 0 Å². The van der Waals surface area contributed by atoms with E-state index in [1.165, 1.54) is 5.56 Å². The van der Waals surface area contributed by atoms with Gasteiger partial charge in [-0.25, -0.2) is 0 Å². The van der Waals surface area contributed by atoms with Crippen LogP contribution < -0.4 is 10.5 Å². The molecule has 2 aromatic carbocycles. The molecule has 0 unspecified atom stereocenters. The van der Waals surface area contributed by atoms with Crippen LogP contribution in [0.3, 0.4) is 0 Å². The molecule has 0 saturated carbocycles. The second kappa shape index (κ2) is 8.38. The van der Waals surface area contributed by atoms with Crippen LogP contribution in [0.25, 0.3) is 0 Å². The predicted molar refractivity (Wildman–Crippen MR) is 97.9 cm³/mol. The maximum atomic E-state index is 12.4. The van der Waals surface area contributed by atoms with Crippen molar-refractivity contribution in [1.82, 2.24) is 4.90 Å². The molecule has 3 rings (SSSR count). The number of benzene rings is 2. The summed E-state index contributed by atoms with van der Waals surface area (Å²) >= 11 is 6.02. The van der Waals surface area contributed by atoms with Gasteiger partial charge in [-0.05, 0) is 17.7 Å². The van der Waals surface area contributed by atoms with Gasteiger partial charge in [0.15, 0.2) is 6.61 Å². The molecule has 24 heavy (non-hydrogen) atoms. The van der Waals surface area contributed by atoms with Gasteiger partial charge >= 0.3 is 0 Å². The first-order valence-electron chi connectivity index (χ1n) is 7.61. The molecule has 0 aromatic heterocycles. The number of nitrogens with zero attached hydrogens (tertiary/aromatic N) is 1. The fourth-order valence-corrected chi connectivity index (χ4v) is 3.07. The number of halogens is 2. The highest BCUT2D eigenvalue weighted by atomic mass is 35.5. The molecule has 2 atom stereocenters. The van der Waals surface area contributed by atoms with Crippen LogP contribution in [0.1, 0.15) is 11.5 Å². The van der Waals surface area contributed by atoms with Crippen LogP contribution in [0, 0.1) is 0 Å². The van der Waals surface area contributed by atoms with E-state index >= 15 is 0 Å². The smallest absolute Gasteiger partial charge is 0.260 e. The van der Waals surface area contributed by atoms with Gasteiger partial charge < -0.3 is 15.4 Å². The lowest BCUT2D eigenvalue weighted by atomic mass is 9.95. The number of para-hydroxylation sites is 1. The summed E-state index contributed by atoms with van der Waals surface area (Å²) in [5, 5.41) is 0.501. The van der Waals surface area contributed by atoms with Crippen molar-refractivity contribution in [1.29, 1.82) is 0 Å². The van der Waals surface area contributed by atoms with Crippen molar-refractivity contribution < 1.29 is 9.53 Å². The first-order valence-corrected chi connectivity index (χ1v) is 7.98. The third-order valence-corrected chi connectivity index (χ3v) is 4.45. The van der Waals surface area contributed by atoms with Crippen LogP contribution in [0.4, 0.5) is 0 Å². The molecule has 2 aromatic rings. The Morgan fingerprint density at radius 2 is 1.79 bits per heavy atom. The van der Waals surface area contributed by atoms with Gasteiger partial charge in [-0.1, -0.05) is 54.1 Å². The van der Waals surface area contributed by atoms with Gasteiger partial charge in [-0.2, -0.15) is 0 Å². The minimum atomic E-state index is -0.0706. The highest BCUT2D eigenvalue weighted by molar-refractivity contribution is 6.32. The molecule has 6 heteroatoms. The fraction of sp³-hybridized carbons (Fsp3) is 0.278. The van der Waals surface area contributed by atoms with E-state index in [0.29, 0.717) is 23.9 Å². The molecule has 1 fully saturated rings. The quantitative estimate of drug-likeness (QED) is 0.904. The Bertz CT molecular complexity index is 682. The second-order valence-corrected chi connectivity index (χ2v) is 6.11. The summed E-state index contributed by atoms with van der Waals surface area (Å²) in [6.07, 6.45) is 0. The Kier molecular flexibility index (Phi) is 6.49. The largest absolute Gasteiger partial charge is 0.482 e. The molecule has 1 aliphatic rings. The number of amides is 1. The number of hydrogen-bond acceptors (Lipinski definition) is 3. The molecule has 0 radical (unpaired) electrons. The molecule has 1 aliphatic heterocycles. The van der Waals surface area contributed by atoms with Crippen LogP contribution in [-0.2, 0) is 4.79 Å². The standard InChI is InChI=1S/C18H19ClN2O2.ClH/c19-15-8-4-5-9-17(15)23-12-18(22)21-10-14(16(20)11-21)13-6-2-1-3-7-13;/h1-9,14,16H,10-12,20H2;1H/t14-,16+;/m0./s1. The molecule has 1 heterocycles. The fourth-order valence-electron chi connectivity index (χ4n) is 2.88. The SMILES string of the molecule is Cl.N[C@@H]1CN(C(=O)COc2ccccc2Cl)C[C@H]1c1ccccc1. The third kappa shape index (κ3) is 4.20. The number of rotatable bonds is 4. The maximum absolute atomic E-state index is 12.4. The zero-order valence-electron chi connectivity index (χ0n) is 13.1. The maximum Gasteiger partial charge on any atom is 0.260 e. The van der Waals surface area contributed by atoms with Gasteiger partial charge in [0.1, 0.15) is 5.75 Å². The summed E-state index contributed by atoms with van der Waals surface area (Å²) < 4.78 is 5.52. The van der Waals surface area contributed by atoms with Gasteiger partial charge in [0.05, 0.1) is 5.02 Å². The van der Waals surface area contributed by atoms with Crippen molar-refractivity contribution in [3.8, 4) is 5.75 Å². The van der Waals surface area contributed by atoms with E-state index < -0.39 is 0 Å². The van der Waals surface area contributed by atoms with Crippen LogP contribution in [-0.4, -0.2) is 36.5 Å². The normalized spacial score (nSPS) is 19.7. The molecule has 128 valence electrons. The van der Waals surface area contributed by atoms with Gasteiger partial charge in [0, 0.05) is 25.0 Å². The van der Waals surface area contributed by atoms with Gasteiger partial charge in [-0.3, -0.25) is 4.79 Å². The van der Waals surface area contributed by atoms with E-state index in [9.17, 15) is 4.79 Å². The molecule has 0 bridgehead atoms. The minimum Gasteiger partial charge on any atom is -0.482 e. The molecule has 0 spiro atoms. The summed E-state index contributed by atoms with van der Waals surface area (Å²) in [7, 11) is 0. The second-order valence-electron chi connectivity index (χ2n) is 5.70. The number of likely N-dealkylation sites (tertiary alicyclic amines) is 1.